The van der Waals surface area contributed by atoms with Gasteiger partial charge in [0.05, 0.1) is 25.3 Å². The molecule has 1 aliphatic heterocycles. The number of nitrogens with zero attached hydrogens (tertiary/aromatic N) is 1. The average molecular weight is 498 g/mol. The fourth-order valence-electron chi connectivity index (χ4n) is 4.08. The zero-order valence-corrected chi connectivity index (χ0v) is 19.9. The maximum Gasteiger partial charge on any atom is 0.417 e. The zero-order chi connectivity index (χ0) is 25.8. The van der Waals surface area contributed by atoms with Crippen molar-refractivity contribution in [1.29, 1.82) is 0 Å². The molecule has 3 amide bonds. The van der Waals surface area contributed by atoms with Crippen molar-refractivity contribution in [3.63, 3.8) is 0 Å². The third-order valence-electron chi connectivity index (χ3n) is 5.64. The molecule has 2 heterocycles. The van der Waals surface area contributed by atoms with Crippen molar-refractivity contribution in [3.8, 4) is 5.75 Å². The number of alkyl halides is 3. The highest BCUT2D eigenvalue weighted by atomic mass is 19.4. The molecule has 0 saturated carbocycles. The first-order valence-corrected chi connectivity index (χ1v) is 11.6. The average Bonchev–Trinajstić information content (AvgIpc) is 3.02. The summed E-state index contributed by atoms with van der Waals surface area (Å²) in [6.07, 6.45) is -2.60. The lowest BCUT2D eigenvalue weighted by Crippen LogP contribution is -2.34. The second-order valence-electron chi connectivity index (χ2n) is 8.32. The first-order valence-electron chi connectivity index (χ1n) is 11.6. The predicted molar refractivity (Wildman–Crippen MR) is 121 cm³/mol. The van der Waals surface area contributed by atoms with Crippen molar-refractivity contribution in [3.05, 3.63) is 39.2 Å². The minimum atomic E-state index is -4.71. The first-order chi connectivity index (χ1) is 16.6. The first kappa shape index (κ1) is 26.5. The van der Waals surface area contributed by atoms with Crippen molar-refractivity contribution in [2.75, 3.05) is 26.4 Å². The number of aryl methyl sites for hydroxylation is 2. The van der Waals surface area contributed by atoms with E-state index in [1.54, 1.807) is 6.92 Å². The van der Waals surface area contributed by atoms with Crippen LogP contribution in [0.2, 0.25) is 0 Å². The molecule has 0 radical (unpaired) electrons. The van der Waals surface area contributed by atoms with Crippen molar-refractivity contribution < 1.29 is 36.7 Å². The Morgan fingerprint density at radius 2 is 1.77 bits per heavy atom. The molecule has 192 valence electrons. The lowest BCUT2D eigenvalue weighted by molar-refractivity contribution is -0.136. The van der Waals surface area contributed by atoms with Gasteiger partial charge in [-0.1, -0.05) is 26.7 Å². The van der Waals surface area contributed by atoms with Crippen LogP contribution in [-0.4, -0.2) is 49.2 Å². The normalized spacial score (nSPS) is 16.3. The van der Waals surface area contributed by atoms with Crippen molar-refractivity contribution in [2.45, 2.75) is 58.7 Å². The summed E-state index contributed by atoms with van der Waals surface area (Å²) in [6, 6.07) is 0.838. The van der Waals surface area contributed by atoms with E-state index in [4.69, 9.17) is 13.9 Å². The Labute approximate surface area is 200 Å². The molecule has 1 atom stereocenters. The highest BCUT2D eigenvalue weighted by Gasteiger charge is 2.36. The monoisotopic (exact) mass is 498 g/mol. The van der Waals surface area contributed by atoms with Crippen molar-refractivity contribution in [2.24, 2.45) is 0 Å². The van der Waals surface area contributed by atoms with E-state index < -0.39 is 29.4 Å². The lowest BCUT2D eigenvalue weighted by Gasteiger charge is -2.19. The number of hydrogen-bond acceptors (Lipinski definition) is 6. The van der Waals surface area contributed by atoms with Crippen LogP contribution in [0.1, 0.15) is 50.3 Å². The standard InChI is InChI=1S/C24H29F3N2O6/c1-4-6-15-12-17-18(24(25,26)27)13-19(30)35-21(17)16(7-5-2)20(15)34-11-10-33-9-8-29-22(31)14(3)28-23(29)32/h12-14H,4-11H2,1-3H3,(H,28,32). The van der Waals surface area contributed by atoms with Gasteiger partial charge in [0.15, 0.2) is 0 Å². The molecule has 3 rings (SSSR count). The number of carbonyl (C=O) groups excluding carboxylic acids is 2. The Balaban J connectivity index is 1.79. The molecule has 0 aliphatic carbocycles. The van der Waals surface area contributed by atoms with Crippen LogP contribution in [0.5, 0.6) is 5.75 Å². The van der Waals surface area contributed by atoms with Crippen LogP contribution in [0.15, 0.2) is 21.3 Å². The quantitative estimate of drug-likeness (QED) is 0.285. The second-order valence-corrected chi connectivity index (χ2v) is 8.32. The van der Waals surface area contributed by atoms with E-state index >= 15 is 0 Å². The lowest BCUT2D eigenvalue weighted by atomic mass is 9.96. The van der Waals surface area contributed by atoms with Crippen LogP contribution in [0.4, 0.5) is 18.0 Å². The summed E-state index contributed by atoms with van der Waals surface area (Å²) in [5.74, 6) is 0.0781. The van der Waals surface area contributed by atoms with E-state index in [-0.39, 0.29) is 43.2 Å². The molecule has 1 N–H and O–H groups in total. The third kappa shape index (κ3) is 5.95. The van der Waals surface area contributed by atoms with E-state index in [0.29, 0.717) is 48.6 Å². The van der Waals surface area contributed by atoms with Crippen LogP contribution in [0.3, 0.4) is 0 Å². The number of benzene rings is 1. The summed E-state index contributed by atoms with van der Waals surface area (Å²) < 4.78 is 57.7. The van der Waals surface area contributed by atoms with Gasteiger partial charge in [-0.05, 0) is 31.4 Å². The van der Waals surface area contributed by atoms with Gasteiger partial charge in [-0.3, -0.25) is 9.69 Å². The number of halogens is 3. The molecule has 1 aromatic heterocycles. The highest BCUT2D eigenvalue weighted by Crippen LogP contribution is 2.40. The molecule has 1 fully saturated rings. The van der Waals surface area contributed by atoms with Crippen LogP contribution >= 0.6 is 0 Å². The maximum absolute atomic E-state index is 13.7. The molecule has 1 unspecified atom stereocenters. The molecule has 35 heavy (non-hydrogen) atoms. The Hall–Kier alpha value is -3.08. The largest absolute Gasteiger partial charge is 0.490 e. The molecule has 1 aromatic carbocycles. The van der Waals surface area contributed by atoms with Gasteiger partial charge in [0, 0.05) is 17.0 Å². The maximum atomic E-state index is 13.7. The van der Waals surface area contributed by atoms with Gasteiger partial charge in [-0.15, -0.1) is 0 Å². The summed E-state index contributed by atoms with van der Waals surface area (Å²) in [7, 11) is 0. The fourth-order valence-corrected chi connectivity index (χ4v) is 4.08. The van der Waals surface area contributed by atoms with Gasteiger partial charge in [0.25, 0.3) is 5.91 Å². The molecule has 1 saturated heterocycles. The van der Waals surface area contributed by atoms with E-state index in [2.05, 4.69) is 5.32 Å². The zero-order valence-electron chi connectivity index (χ0n) is 19.9. The van der Waals surface area contributed by atoms with Crippen LogP contribution in [0.25, 0.3) is 11.0 Å². The molecule has 11 heteroatoms. The van der Waals surface area contributed by atoms with Crippen molar-refractivity contribution in [1.82, 2.24) is 10.2 Å². The number of nitrogens with one attached hydrogen (secondary N) is 1. The van der Waals surface area contributed by atoms with Crippen LogP contribution in [-0.2, 0) is 28.5 Å². The van der Waals surface area contributed by atoms with E-state index in [1.165, 1.54) is 6.07 Å². The van der Waals surface area contributed by atoms with Gasteiger partial charge in [-0.25, -0.2) is 9.59 Å². The van der Waals surface area contributed by atoms with Crippen molar-refractivity contribution >= 4 is 22.9 Å². The minimum absolute atomic E-state index is 0.0820. The smallest absolute Gasteiger partial charge is 0.417 e. The van der Waals surface area contributed by atoms with Gasteiger partial charge in [0.2, 0.25) is 0 Å². The molecule has 0 spiro atoms. The highest BCUT2D eigenvalue weighted by molar-refractivity contribution is 6.03. The molecule has 2 aromatic rings. The number of amides is 3. The van der Waals surface area contributed by atoms with Gasteiger partial charge < -0.3 is 19.2 Å². The molecule has 1 aliphatic rings. The number of urea groups is 1. The van der Waals surface area contributed by atoms with E-state index in [1.807, 2.05) is 13.8 Å². The Morgan fingerprint density at radius 1 is 1.06 bits per heavy atom. The Bertz CT molecular complexity index is 1140. The topological polar surface area (TPSA) is 98.1 Å². The van der Waals surface area contributed by atoms with Crippen LogP contribution in [0, 0.1) is 0 Å². The predicted octanol–water partition coefficient (Wildman–Crippen LogP) is 4.05. The Kier molecular flexibility index (Phi) is 8.42. The number of hydrogen-bond donors (Lipinski definition) is 1. The van der Waals surface area contributed by atoms with Gasteiger partial charge >= 0.3 is 17.8 Å². The second kappa shape index (κ2) is 11.1. The summed E-state index contributed by atoms with van der Waals surface area (Å²) in [6.45, 7) is 5.79. The molecular weight excluding hydrogens is 469 g/mol. The summed E-state index contributed by atoms with van der Waals surface area (Å²) in [4.78, 5) is 36.7. The Morgan fingerprint density at radius 3 is 2.37 bits per heavy atom. The van der Waals surface area contributed by atoms with Gasteiger partial charge in [0.1, 0.15) is 24.0 Å². The summed E-state index contributed by atoms with van der Waals surface area (Å²) >= 11 is 0. The summed E-state index contributed by atoms with van der Waals surface area (Å²) in [5.41, 5.74) is -1.20. The van der Waals surface area contributed by atoms with Crippen LogP contribution < -0.4 is 15.7 Å². The number of ether oxygens (including phenoxy) is 2. The number of rotatable bonds is 11. The fraction of sp³-hybridized carbons (Fsp3) is 0.542. The third-order valence-corrected chi connectivity index (χ3v) is 5.64. The van der Waals surface area contributed by atoms with Gasteiger partial charge in [-0.2, -0.15) is 13.2 Å². The molecule has 8 nitrogen and oxygen atoms in total. The number of carbonyl (C=O) groups is 2. The minimum Gasteiger partial charge on any atom is -0.490 e. The summed E-state index contributed by atoms with van der Waals surface area (Å²) in [5, 5.41) is 2.36. The molecule has 0 bridgehead atoms. The molecular formula is C24H29F3N2O6. The van der Waals surface area contributed by atoms with E-state index in [0.717, 1.165) is 4.90 Å². The number of fused-ring (bicyclic) bond motifs is 1. The number of imide groups is 1. The van der Waals surface area contributed by atoms with E-state index in [9.17, 15) is 27.6 Å². The SMILES string of the molecule is CCCc1cc2c(C(F)(F)F)cc(=O)oc2c(CCC)c1OCCOCCN1C(=O)NC(C)C1=O.